The molecule has 0 saturated carbocycles. The fourth-order valence-corrected chi connectivity index (χ4v) is 1.99. The lowest BCUT2D eigenvalue weighted by atomic mass is 10.1. The number of benzene rings is 1. The first-order chi connectivity index (χ1) is 9.11. The average molecular weight is 277 g/mol. The highest BCUT2D eigenvalue weighted by Gasteiger charge is 2.16. The Morgan fingerprint density at radius 1 is 1.26 bits per heavy atom. The van der Waals surface area contributed by atoms with Crippen LogP contribution in [0.25, 0.3) is 0 Å². The molecule has 96 valence electrons. The molecule has 0 aliphatic rings. The minimum Gasteiger partial charge on any atom is -0.478 e. The maximum absolute atomic E-state index is 11.9. The van der Waals surface area contributed by atoms with Crippen LogP contribution in [0.5, 0.6) is 0 Å². The van der Waals surface area contributed by atoms with Gasteiger partial charge in [0.25, 0.3) is 5.91 Å². The highest BCUT2D eigenvalue weighted by molar-refractivity contribution is 7.19. The molecule has 1 heterocycles. The van der Waals surface area contributed by atoms with E-state index in [4.69, 9.17) is 5.11 Å². The standard InChI is InChI=1S/C11H7N3O4S/c15-9(13-11-12-5-8(14-18)19-11)6-3-1-2-4-7(6)10(16)17/h1-5H,(H,16,17)(H,12,13,15). The number of nitroso groups, excluding NO2 is 1. The Morgan fingerprint density at radius 2 is 1.95 bits per heavy atom. The monoisotopic (exact) mass is 277 g/mol. The molecular weight excluding hydrogens is 270 g/mol. The van der Waals surface area contributed by atoms with Gasteiger partial charge in [-0.2, -0.15) is 0 Å². The van der Waals surface area contributed by atoms with Crippen LogP contribution in [-0.2, 0) is 0 Å². The van der Waals surface area contributed by atoms with Gasteiger partial charge in [-0.05, 0) is 17.3 Å². The van der Waals surface area contributed by atoms with E-state index in [2.05, 4.69) is 15.5 Å². The Bertz CT molecular complexity index is 653. The van der Waals surface area contributed by atoms with Gasteiger partial charge in [0.05, 0.1) is 17.3 Å². The van der Waals surface area contributed by atoms with Gasteiger partial charge in [0.15, 0.2) is 10.1 Å². The average Bonchev–Trinajstić information content (AvgIpc) is 2.86. The fourth-order valence-electron chi connectivity index (χ4n) is 1.40. The molecule has 0 atom stereocenters. The number of aromatic nitrogens is 1. The van der Waals surface area contributed by atoms with E-state index in [-0.39, 0.29) is 21.3 Å². The van der Waals surface area contributed by atoms with Gasteiger partial charge in [0, 0.05) is 0 Å². The van der Waals surface area contributed by atoms with Crippen LogP contribution < -0.4 is 5.32 Å². The fraction of sp³-hybridized carbons (Fsp3) is 0. The molecule has 0 fully saturated rings. The first-order valence-corrected chi connectivity index (χ1v) is 5.86. The van der Waals surface area contributed by atoms with Gasteiger partial charge >= 0.3 is 5.97 Å². The molecule has 1 aromatic carbocycles. The van der Waals surface area contributed by atoms with Gasteiger partial charge in [-0.3, -0.25) is 10.1 Å². The molecule has 0 bridgehead atoms. The van der Waals surface area contributed by atoms with Crippen LogP contribution >= 0.6 is 11.3 Å². The van der Waals surface area contributed by atoms with Gasteiger partial charge in [-0.25, -0.2) is 9.78 Å². The largest absolute Gasteiger partial charge is 0.478 e. The quantitative estimate of drug-likeness (QED) is 0.834. The molecule has 0 aliphatic heterocycles. The van der Waals surface area contributed by atoms with Crippen molar-refractivity contribution < 1.29 is 14.7 Å². The lowest BCUT2D eigenvalue weighted by Crippen LogP contribution is -2.16. The number of aromatic carboxylic acids is 1. The van der Waals surface area contributed by atoms with Crippen molar-refractivity contribution in [3.63, 3.8) is 0 Å². The molecule has 0 unspecified atom stereocenters. The Morgan fingerprint density at radius 3 is 2.53 bits per heavy atom. The second kappa shape index (κ2) is 5.36. The van der Waals surface area contributed by atoms with Crippen LogP contribution in [0.4, 0.5) is 10.1 Å². The first-order valence-electron chi connectivity index (χ1n) is 5.04. The molecule has 2 rings (SSSR count). The molecule has 2 aromatic rings. The highest BCUT2D eigenvalue weighted by atomic mass is 32.1. The van der Waals surface area contributed by atoms with Crippen molar-refractivity contribution >= 4 is 33.3 Å². The van der Waals surface area contributed by atoms with E-state index in [1.54, 1.807) is 6.07 Å². The van der Waals surface area contributed by atoms with Crippen molar-refractivity contribution in [3.8, 4) is 0 Å². The van der Waals surface area contributed by atoms with Crippen LogP contribution in [0, 0.1) is 4.91 Å². The minimum atomic E-state index is -1.19. The molecule has 7 nitrogen and oxygen atoms in total. The summed E-state index contributed by atoms with van der Waals surface area (Å²) in [5.74, 6) is -1.80. The Hall–Kier alpha value is -2.61. The number of rotatable bonds is 4. The van der Waals surface area contributed by atoms with E-state index in [1.165, 1.54) is 24.4 Å². The zero-order valence-electron chi connectivity index (χ0n) is 9.36. The normalized spacial score (nSPS) is 9.89. The number of hydrogen-bond acceptors (Lipinski definition) is 6. The zero-order valence-corrected chi connectivity index (χ0v) is 10.2. The van der Waals surface area contributed by atoms with Gasteiger partial charge < -0.3 is 5.11 Å². The van der Waals surface area contributed by atoms with E-state index in [1.807, 2.05) is 0 Å². The number of anilines is 1. The summed E-state index contributed by atoms with van der Waals surface area (Å²) in [6.45, 7) is 0. The van der Waals surface area contributed by atoms with E-state index in [9.17, 15) is 14.5 Å². The second-order valence-corrected chi connectivity index (χ2v) is 4.41. The number of hydrogen-bond donors (Lipinski definition) is 2. The minimum absolute atomic E-state index is 0.0193. The summed E-state index contributed by atoms with van der Waals surface area (Å²) in [7, 11) is 0. The number of nitrogens with one attached hydrogen (secondary N) is 1. The first kappa shape index (κ1) is 12.8. The van der Waals surface area contributed by atoms with Crippen molar-refractivity contribution in [2.45, 2.75) is 0 Å². The number of thiazole rings is 1. The third-order valence-corrected chi connectivity index (χ3v) is 3.00. The molecule has 19 heavy (non-hydrogen) atoms. The van der Waals surface area contributed by atoms with E-state index in [0.29, 0.717) is 0 Å². The second-order valence-electron chi connectivity index (χ2n) is 3.40. The Kier molecular flexibility index (Phi) is 3.62. The maximum atomic E-state index is 11.9. The molecule has 0 saturated heterocycles. The van der Waals surface area contributed by atoms with Gasteiger partial charge in [0.1, 0.15) is 0 Å². The lowest BCUT2D eigenvalue weighted by Gasteiger charge is -2.04. The molecule has 1 aromatic heterocycles. The number of amides is 1. The number of carbonyl (C=O) groups is 2. The van der Waals surface area contributed by atoms with Crippen LogP contribution in [0.15, 0.2) is 35.6 Å². The number of nitrogens with zero attached hydrogens (tertiary/aromatic N) is 2. The summed E-state index contributed by atoms with van der Waals surface area (Å²) < 4.78 is 0. The summed E-state index contributed by atoms with van der Waals surface area (Å²) >= 11 is 0.900. The molecule has 0 spiro atoms. The van der Waals surface area contributed by atoms with Crippen molar-refractivity contribution in [1.29, 1.82) is 0 Å². The predicted molar refractivity (Wildman–Crippen MR) is 68.9 cm³/mol. The summed E-state index contributed by atoms with van der Waals surface area (Å²) in [4.78, 5) is 36.9. The summed E-state index contributed by atoms with van der Waals surface area (Å²) in [6.07, 6.45) is 1.22. The van der Waals surface area contributed by atoms with E-state index < -0.39 is 11.9 Å². The molecule has 1 amide bonds. The zero-order chi connectivity index (χ0) is 13.8. The molecular formula is C11H7N3O4S. The van der Waals surface area contributed by atoms with Crippen molar-refractivity contribution in [2.75, 3.05) is 5.32 Å². The molecule has 0 aliphatic carbocycles. The number of carbonyl (C=O) groups excluding carboxylic acids is 1. The third-order valence-electron chi connectivity index (χ3n) is 2.21. The van der Waals surface area contributed by atoms with Gasteiger partial charge in [-0.1, -0.05) is 23.5 Å². The summed E-state index contributed by atoms with van der Waals surface area (Å²) in [6, 6.07) is 5.81. The maximum Gasteiger partial charge on any atom is 0.336 e. The summed E-state index contributed by atoms with van der Waals surface area (Å²) in [5, 5.41) is 14.4. The molecule has 2 N–H and O–H groups in total. The SMILES string of the molecule is O=Nc1cnc(NC(=O)c2ccccc2C(=O)O)s1. The van der Waals surface area contributed by atoms with Crippen molar-refractivity contribution in [2.24, 2.45) is 5.18 Å². The van der Waals surface area contributed by atoms with Gasteiger partial charge in [-0.15, -0.1) is 4.91 Å². The predicted octanol–water partition coefficient (Wildman–Crippen LogP) is 2.49. The Labute approximate surface area is 110 Å². The highest BCUT2D eigenvalue weighted by Crippen LogP contribution is 2.26. The van der Waals surface area contributed by atoms with Crippen molar-refractivity contribution in [3.05, 3.63) is 46.5 Å². The molecule has 8 heteroatoms. The lowest BCUT2D eigenvalue weighted by molar-refractivity contribution is 0.0692. The molecule has 0 radical (unpaired) electrons. The van der Waals surface area contributed by atoms with Crippen LogP contribution in [0.2, 0.25) is 0 Å². The van der Waals surface area contributed by atoms with Crippen LogP contribution in [0.1, 0.15) is 20.7 Å². The third kappa shape index (κ3) is 2.80. The van der Waals surface area contributed by atoms with Crippen LogP contribution in [-0.4, -0.2) is 22.0 Å². The van der Waals surface area contributed by atoms with E-state index in [0.717, 1.165) is 11.3 Å². The van der Waals surface area contributed by atoms with Crippen molar-refractivity contribution in [1.82, 2.24) is 4.98 Å². The summed E-state index contributed by atoms with van der Waals surface area (Å²) in [5.41, 5.74) is -0.0869. The van der Waals surface area contributed by atoms with E-state index >= 15 is 0 Å². The number of carboxylic acid groups (broad SMARTS) is 1. The smallest absolute Gasteiger partial charge is 0.336 e. The topological polar surface area (TPSA) is 109 Å². The number of carboxylic acids is 1. The Balaban J connectivity index is 2.25. The van der Waals surface area contributed by atoms with Gasteiger partial charge in [0.2, 0.25) is 0 Å². The van der Waals surface area contributed by atoms with Crippen LogP contribution in [0.3, 0.4) is 0 Å².